The average Bonchev–Trinajstić information content (AvgIpc) is 2.10. The summed E-state index contributed by atoms with van der Waals surface area (Å²) in [5.74, 6) is 0.686. The van der Waals surface area contributed by atoms with Gasteiger partial charge in [0, 0.05) is 16.0 Å². The van der Waals surface area contributed by atoms with Crippen LogP contribution in [0.25, 0.3) is 0 Å². The molecule has 2 N–H and O–H groups in total. The Bertz CT molecular complexity index is 224. The predicted molar refractivity (Wildman–Crippen MR) is 67.9 cm³/mol. The molecule has 0 aliphatic rings. The van der Waals surface area contributed by atoms with Crippen LogP contribution < -0.4 is 5.32 Å². The maximum absolute atomic E-state index is 11.3. The normalized spacial score (nSPS) is 12.4. The Labute approximate surface area is 102 Å². The van der Waals surface area contributed by atoms with E-state index in [4.69, 9.17) is 9.84 Å². The van der Waals surface area contributed by atoms with Gasteiger partial charge in [0.15, 0.2) is 0 Å². The fourth-order valence-electron chi connectivity index (χ4n) is 0.840. The van der Waals surface area contributed by atoms with E-state index in [1.807, 2.05) is 34.6 Å². The van der Waals surface area contributed by atoms with Gasteiger partial charge in [0.25, 0.3) is 0 Å². The van der Waals surface area contributed by atoms with Crippen molar-refractivity contribution < 1.29 is 14.6 Å². The van der Waals surface area contributed by atoms with Crippen LogP contribution in [-0.4, -0.2) is 40.5 Å². The van der Waals surface area contributed by atoms with Gasteiger partial charge in [-0.3, -0.25) is 0 Å². The summed E-state index contributed by atoms with van der Waals surface area (Å²) in [5, 5.41) is 11.7. The Balaban J connectivity index is 3.64. The molecule has 0 aromatic heterocycles. The van der Waals surface area contributed by atoms with Crippen molar-refractivity contribution in [1.82, 2.24) is 5.32 Å². The Morgan fingerprint density at radius 2 is 1.88 bits per heavy atom. The zero-order valence-corrected chi connectivity index (χ0v) is 11.6. The highest BCUT2D eigenvalue weighted by atomic mass is 32.2. The summed E-state index contributed by atoms with van der Waals surface area (Å²) in [6.45, 7) is 10.1. The quantitative estimate of drug-likeness (QED) is 0.732. The van der Waals surface area contributed by atoms with Crippen molar-refractivity contribution in [1.29, 1.82) is 0 Å². The number of hydrogen-bond acceptors (Lipinski definition) is 4. The lowest BCUT2D eigenvalue weighted by molar-refractivity contribution is 0.144. The van der Waals surface area contributed by atoms with Gasteiger partial charge < -0.3 is 15.2 Å². The van der Waals surface area contributed by atoms with E-state index in [2.05, 4.69) is 5.32 Å². The topological polar surface area (TPSA) is 58.6 Å². The SMILES string of the molecule is CC(C)(C)NC(=O)OCCSC(C)(C)CO. The molecule has 0 saturated heterocycles. The van der Waals surface area contributed by atoms with Gasteiger partial charge in [0.05, 0.1) is 6.61 Å². The zero-order chi connectivity index (χ0) is 12.8. The number of hydrogen-bond donors (Lipinski definition) is 2. The van der Waals surface area contributed by atoms with Crippen molar-refractivity contribution >= 4 is 17.9 Å². The van der Waals surface area contributed by atoms with Crippen LogP contribution in [0.3, 0.4) is 0 Å². The molecule has 0 aromatic rings. The summed E-state index contributed by atoms with van der Waals surface area (Å²) in [6, 6.07) is 0. The van der Waals surface area contributed by atoms with E-state index >= 15 is 0 Å². The molecule has 0 atom stereocenters. The van der Waals surface area contributed by atoms with E-state index in [9.17, 15) is 4.79 Å². The maximum atomic E-state index is 11.3. The zero-order valence-electron chi connectivity index (χ0n) is 10.8. The lowest BCUT2D eigenvalue weighted by Gasteiger charge is -2.22. The smallest absolute Gasteiger partial charge is 0.407 e. The number of carbonyl (C=O) groups excluding carboxylic acids is 1. The van der Waals surface area contributed by atoms with Crippen LogP contribution in [-0.2, 0) is 4.74 Å². The second-order valence-corrected chi connectivity index (χ2v) is 7.08. The molecule has 96 valence electrons. The van der Waals surface area contributed by atoms with E-state index in [0.717, 1.165) is 0 Å². The first-order chi connectivity index (χ1) is 7.16. The van der Waals surface area contributed by atoms with Crippen molar-refractivity contribution in [3.8, 4) is 0 Å². The van der Waals surface area contributed by atoms with Gasteiger partial charge in [-0.15, -0.1) is 11.8 Å². The fourth-order valence-corrected chi connectivity index (χ4v) is 1.65. The molecule has 0 radical (unpaired) electrons. The third-order valence-electron chi connectivity index (χ3n) is 1.67. The van der Waals surface area contributed by atoms with Gasteiger partial charge in [-0.2, -0.15) is 0 Å². The molecule has 16 heavy (non-hydrogen) atoms. The second-order valence-electron chi connectivity index (χ2n) is 5.28. The molecule has 5 heteroatoms. The summed E-state index contributed by atoms with van der Waals surface area (Å²) in [6.07, 6.45) is -0.394. The summed E-state index contributed by atoms with van der Waals surface area (Å²) in [7, 11) is 0. The highest BCUT2D eigenvalue weighted by molar-refractivity contribution is 8.00. The monoisotopic (exact) mass is 249 g/mol. The standard InChI is InChI=1S/C11H23NO3S/c1-10(2,3)12-9(14)15-6-7-16-11(4,5)8-13/h13H,6-8H2,1-5H3,(H,12,14). The molecule has 1 amide bonds. The van der Waals surface area contributed by atoms with Gasteiger partial charge in [-0.1, -0.05) is 0 Å². The first-order valence-electron chi connectivity index (χ1n) is 5.36. The minimum absolute atomic E-state index is 0.117. The van der Waals surface area contributed by atoms with E-state index in [-0.39, 0.29) is 16.9 Å². The van der Waals surface area contributed by atoms with Gasteiger partial charge in [-0.05, 0) is 34.6 Å². The summed E-state index contributed by atoms with van der Waals surface area (Å²) in [5.41, 5.74) is -0.269. The van der Waals surface area contributed by atoms with Crippen molar-refractivity contribution in [2.45, 2.75) is 44.9 Å². The lowest BCUT2D eigenvalue weighted by atomic mass is 10.1. The number of aliphatic hydroxyl groups excluding tert-OH is 1. The number of thioether (sulfide) groups is 1. The van der Waals surface area contributed by atoms with E-state index in [1.54, 1.807) is 11.8 Å². The highest BCUT2D eigenvalue weighted by Gasteiger charge is 2.17. The minimum atomic E-state index is -0.394. The van der Waals surface area contributed by atoms with E-state index in [1.165, 1.54) is 0 Å². The molecule has 0 unspecified atom stereocenters. The van der Waals surface area contributed by atoms with Gasteiger partial charge in [0.1, 0.15) is 6.61 Å². The van der Waals surface area contributed by atoms with Crippen molar-refractivity contribution in [3.63, 3.8) is 0 Å². The van der Waals surface area contributed by atoms with Crippen LogP contribution in [0.2, 0.25) is 0 Å². The third-order valence-corrected chi connectivity index (χ3v) is 2.95. The first-order valence-corrected chi connectivity index (χ1v) is 6.35. The molecule has 0 aromatic carbocycles. The number of nitrogens with one attached hydrogen (secondary N) is 1. The molecule has 0 spiro atoms. The molecule has 0 bridgehead atoms. The minimum Gasteiger partial charge on any atom is -0.449 e. The fraction of sp³-hybridized carbons (Fsp3) is 0.909. The van der Waals surface area contributed by atoms with Crippen LogP contribution in [0.1, 0.15) is 34.6 Å². The lowest BCUT2D eigenvalue weighted by Crippen LogP contribution is -2.41. The molecular weight excluding hydrogens is 226 g/mol. The van der Waals surface area contributed by atoms with Crippen LogP contribution in [0.4, 0.5) is 4.79 Å². The van der Waals surface area contributed by atoms with Crippen molar-refractivity contribution in [3.05, 3.63) is 0 Å². The molecule has 4 nitrogen and oxygen atoms in total. The maximum Gasteiger partial charge on any atom is 0.407 e. The Morgan fingerprint density at radius 3 is 2.31 bits per heavy atom. The van der Waals surface area contributed by atoms with E-state index < -0.39 is 6.09 Å². The molecule has 0 heterocycles. The first kappa shape index (κ1) is 15.6. The summed E-state index contributed by atoms with van der Waals surface area (Å²) in [4.78, 5) is 11.3. The number of amides is 1. The number of rotatable bonds is 5. The summed E-state index contributed by atoms with van der Waals surface area (Å²) >= 11 is 1.58. The summed E-state index contributed by atoms with van der Waals surface area (Å²) < 4.78 is 4.83. The van der Waals surface area contributed by atoms with Gasteiger partial charge in [-0.25, -0.2) is 4.79 Å². The average molecular weight is 249 g/mol. The van der Waals surface area contributed by atoms with E-state index in [0.29, 0.717) is 12.4 Å². The Hall–Kier alpha value is -0.420. The van der Waals surface area contributed by atoms with Crippen LogP contribution in [0, 0.1) is 0 Å². The number of ether oxygens (including phenoxy) is 1. The predicted octanol–water partition coefficient (Wildman–Crippen LogP) is 2.02. The third kappa shape index (κ3) is 8.85. The number of alkyl carbamates (subject to hydrolysis) is 1. The molecule has 0 rings (SSSR count). The number of aliphatic hydroxyl groups is 1. The second kappa shape index (κ2) is 6.35. The number of carbonyl (C=O) groups is 1. The van der Waals surface area contributed by atoms with Crippen molar-refractivity contribution in [2.75, 3.05) is 19.0 Å². The highest BCUT2D eigenvalue weighted by Crippen LogP contribution is 2.22. The molecule has 0 saturated carbocycles. The Kier molecular flexibility index (Phi) is 6.18. The largest absolute Gasteiger partial charge is 0.449 e. The molecule has 0 aliphatic heterocycles. The van der Waals surface area contributed by atoms with Crippen LogP contribution in [0.15, 0.2) is 0 Å². The van der Waals surface area contributed by atoms with Crippen LogP contribution >= 0.6 is 11.8 Å². The Morgan fingerprint density at radius 1 is 1.31 bits per heavy atom. The van der Waals surface area contributed by atoms with Crippen molar-refractivity contribution in [2.24, 2.45) is 0 Å². The molecular formula is C11H23NO3S. The molecule has 0 fully saturated rings. The molecule has 0 aliphatic carbocycles. The van der Waals surface area contributed by atoms with Crippen LogP contribution in [0.5, 0.6) is 0 Å². The van der Waals surface area contributed by atoms with Gasteiger partial charge in [0.2, 0.25) is 0 Å². The van der Waals surface area contributed by atoms with Gasteiger partial charge >= 0.3 is 6.09 Å².